The number of fused-ring (bicyclic) bond motifs is 2. The van der Waals surface area contributed by atoms with Crippen molar-refractivity contribution in [3.8, 4) is 5.88 Å². The van der Waals surface area contributed by atoms with E-state index in [4.69, 9.17) is 4.74 Å². The van der Waals surface area contributed by atoms with Gasteiger partial charge in [0.1, 0.15) is 18.2 Å². The Morgan fingerprint density at radius 2 is 2.06 bits per heavy atom. The van der Waals surface area contributed by atoms with Crippen molar-refractivity contribution in [3.05, 3.63) is 55.6 Å². The van der Waals surface area contributed by atoms with Crippen LogP contribution in [-0.4, -0.2) is 54.7 Å². The number of carbonyl (C=O) groups is 1. The number of hydrogen-bond donors (Lipinski definition) is 1. The topological polar surface area (TPSA) is 98.1 Å². The van der Waals surface area contributed by atoms with Gasteiger partial charge >= 0.3 is 0 Å². The first-order chi connectivity index (χ1) is 15.6. The molecule has 1 saturated heterocycles. The van der Waals surface area contributed by atoms with Gasteiger partial charge in [-0.3, -0.25) is 9.48 Å². The number of aryl methyl sites for hydroxylation is 1. The molecule has 1 amide bonds. The van der Waals surface area contributed by atoms with Gasteiger partial charge in [-0.15, -0.1) is 0 Å². The molecule has 0 spiro atoms. The molecule has 9 nitrogen and oxygen atoms in total. The summed E-state index contributed by atoms with van der Waals surface area (Å²) in [7, 11) is 1.91. The van der Waals surface area contributed by atoms with Crippen molar-refractivity contribution in [1.29, 1.82) is 0 Å². The number of pyridine rings is 1. The van der Waals surface area contributed by atoms with Crippen LogP contribution in [0.25, 0.3) is 21.8 Å². The van der Waals surface area contributed by atoms with Crippen LogP contribution in [0.2, 0.25) is 0 Å². The molecule has 0 atom stereocenters. The van der Waals surface area contributed by atoms with Crippen LogP contribution in [0.5, 0.6) is 5.88 Å². The molecule has 1 aromatic carbocycles. The van der Waals surface area contributed by atoms with Crippen molar-refractivity contribution in [1.82, 2.24) is 29.6 Å². The lowest BCUT2D eigenvalue weighted by Gasteiger charge is -2.31. The minimum atomic E-state index is -0.0383. The highest BCUT2D eigenvalue weighted by molar-refractivity contribution is 5.96. The van der Waals surface area contributed by atoms with Crippen molar-refractivity contribution < 1.29 is 9.53 Å². The molecule has 0 radical (unpaired) electrons. The van der Waals surface area contributed by atoms with Crippen molar-refractivity contribution in [2.75, 3.05) is 18.4 Å². The lowest BCUT2D eigenvalue weighted by atomic mass is 10.1. The van der Waals surface area contributed by atoms with Crippen LogP contribution in [0.1, 0.15) is 12.8 Å². The van der Waals surface area contributed by atoms with E-state index in [0.29, 0.717) is 24.8 Å². The third-order valence-electron chi connectivity index (χ3n) is 5.73. The van der Waals surface area contributed by atoms with Gasteiger partial charge in [-0.1, -0.05) is 18.7 Å². The van der Waals surface area contributed by atoms with Gasteiger partial charge < -0.3 is 15.0 Å². The van der Waals surface area contributed by atoms with Crippen LogP contribution in [0.3, 0.4) is 0 Å². The number of nitrogens with one attached hydrogen (secondary N) is 1. The van der Waals surface area contributed by atoms with E-state index in [9.17, 15) is 4.79 Å². The normalized spacial score (nSPS) is 14.6. The van der Waals surface area contributed by atoms with Crippen molar-refractivity contribution >= 4 is 39.2 Å². The molecule has 32 heavy (non-hydrogen) atoms. The molecule has 0 saturated carbocycles. The zero-order valence-electron chi connectivity index (χ0n) is 17.7. The summed E-state index contributed by atoms with van der Waals surface area (Å²) >= 11 is 0. The Kier molecular flexibility index (Phi) is 5.14. The van der Waals surface area contributed by atoms with E-state index in [-0.39, 0.29) is 12.0 Å². The van der Waals surface area contributed by atoms with E-state index in [1.807, 2.05) is 42.2 Å². The lowest BCUT2D eigenvalue weighted by Crippen LogP contribution is -2.41. The second-order valence-electron chi connectivity index (χ2n) is 7.75. The number of para-hydroxylation sites is 1. The van der Waals surface area contributed by atoms with Crippen LogP contribution in [-0.2, 0) is 11.8 Å². The maximum absolute atomic E-state index is 11.8. The Hall–Kier alpha value is -4.01. The molecular formula is C23H23N7O2. The number of anilines is 2. The second kappa shape index (κ2) is 8.26. The van der Waals surface area contributed by atoms with Gasteiger partial charge in [0, 0.05) is 49.8 Å². The monoisotopic (exact) mass is 429 g/mol. The molecule has 0 aliphatic carbocycles. The summed E-state index contributed by atoms with van der Waals surface area (Å²) in [5.74, 6) is 1.15. The van der Waals surface area contributed by atoms with Crippen LogP contribution in [0.4, 0.5) is 11.5 Å². The zero-order chi connectivity index (χ0) is 22.1. The van der Waals surface area contributed by atoms with Gasteiger partial charge in [-0.2, -0.15) is 5.10 Å². The summed E-state index contributed by atoms with van der Waals surface area (Å²) in [6.45, 7) is 4.85. The van der Waals surface area contributed by atoms with Gasteiger partial charge in [0.2, 0.25) is 11.8 Å². The smallest absolute Gasteiger partial charge is 0.245 e. The first-order valence-corrected chi connectivity index (χ1v) is 10.5. The summed E-state index contributed by atoms with van der Waals surface area (Å²) in [4.78, 5) is 26.8. The number of aromatic nitrogens is 5. The fourth-order valence-corrected chi connectivity index (χ4v) is 4.06. The number of carbonyl (C=O) groups excluding carboxylic acids is 1. The maximum atomic E-state index is 11.8. The number of amides is 1. The van der Waals surface area contributed by atoms with E-state index in [1.165, 1.54) is 12.4 Å². The van der Waals surface area contributed by atoms with Gasteiger partial charge in [-0.25, -0.2) is 15.0 Å². The molecule has 1 aliphatic heterocycles. The summed E-state index contributed by atoms with van der Waals surface area (Å²) in [5, 5.41) is 9.63. The van der Waals surface area contributed by atoms with E-state index >= 15 is 0 Å². The van der Waals surface area contributed by atoms with Crippen molar-refractivity contribution in [3.63, 3.8) is 0 Å². The van der Waals surface area contributed by atoms with Gasteiger partial charge in [0.15, 0.2) is 0 Å². The molecule has 0 unspecified atom stereocenters. The van der Waals surface area contributed by atoms with Gasteiger partial charge in [0.25, 0.3) is 0 Å². The Balaban J connectivity index is 1.39. The molecule has 4 aromatic rings. The SMILES string of the molecule is C=CC(=O)N1CCC(Oc2cc3c(Nc4cccc5cnn(C)c45)ncnc3cn2)CC1. The number of benzene rings is 1. The molecule has 9 heteroatoms. The largest absolute Gasteiger partial charge is 0.474 e. The Bertz CT molecular complexity index is 1310. The number of piperidine rings is 1. The van der Waals surface area contributed by atoms with Crippen LogP contribution in [0, 0.1) is 0 Å². The van der Waals surface area contributed by atoms with Crippen molar-refractivity contribution in [2.24, 2.45) is 7.05 Å². The first kappa shape index (κ1) is 19.9. The predicted molar refractivity (Wildman–Crippen MR) is 122 cm³/mol. The van der Waals surface area contributed by atoms with E-state index < -0.39 is 0 Å². The number of ether oxygens (including phenoxy) is 1. The summed E-state index contributed by atoms with van der Waals surface area (Å²) < 4.78 is 7.97. The predicted octanol–water partition coefficient (Wildman–Crippen LogP) is 3.21. The minimum Gasteiger partial charge on any atom is -0.474 e. The highest BCUT2D eigenvalue weighted by atomic mass is 16.5. The highest BCUT2D eigenvalue weighted by Gasteiger charge is 2.23. The quantitative estimate of drug-likeness (QED) is 0.487. The first-order valence-electron chi connectivity index (χ1n) is 10.5. The van der Waals surface area contributed by atoms with E-state index in [2.05, 4.69) is 31.9 Å². The average Bonchev–Trinajstić information content (AvgIpc) is 3.21. The fraction of sp³-hybridized carbons (Fsp3) is 0.261. The summed E-state index contributed by atoms with van der Waals surface area (Å²) in [6.07, 6.45) is 7.89. The average molecular weight is 429 g/mol. The number of nitrogens with zero attached hydrogens (tertiary/aromatic N) is 6. The third kappa shape index (κ3) is 3.73. The summed E-state index contributed by atoms with van der Waals surface area (Å²) in [6, 6.07) is 7.86. The van der Waals surface area contributed by atoms with Crippen LogP contribution >= 0.6 is 0 Å². The Morgan fingerprint density at radius 3 is 2.88 bits per heavy atom. The fourth-order valence-electron chi connectivity index (χ4n) is 4.06. The number of hydrogen-bond acceptors (Lipinski definition) is 7. The van der Waals surface area contributed by atoms with Gasteiger partial charge in [-0.05, 0) is 12.1 Å². The van der Waals surface area contributed by atoms with Crippen LogP contribution in [0.15, 0.2) is 55.6 Å². The second-order valence-corrected chi connectivity index (χ2v) is 7.75. The highest BCUT2D eigenvalue weighted by Crippen LogP contribution is 2.30. The third-order valence-corrected chi connectivity index (χ3v) is 5.73. The lowest BCUT2D eigenvalue weighted by molar-refractivity contribution is -0.127. The van der Waals surface area contributed by atoms with Crippen molar-refractivity contribution in [2.45, 2.75) is 18.9 Å². The van der Waals surface area contributed by atoms with E-state index in [0.717, 1.165) is 40.3 Å². The standard InChI is InChI=1S/C23H23N7O2/c1-3-21(31)30-9-7-16(8-10-30)32-20-11-17-19(13-24-20)25-14-26-23(17)28-18-6-4-5-15-12-27-29(2)22(15)18/h3-6,11-14,16H,1,7-10H2,2H3,(H,25,26,28). The molecule has 5 rings (SSSR count). The molecule has 1 fully saturated rings. The molecule has 1 N–H and O–H groups in total. The molecule has 0 bridgehead atoms. The van der Waals surface area contributed by atoms with Crippen LogP contribution < -0.4 is 10.1 Å². The Morgan fingerprint density at radius 1 is 1.22 bits per heavy atom. The molecule has 162 valence electrons. The zero-order valence-corrected chi connectivity index (χ0v) is 17.7. The summed E-state index contributed by atoms with van der Waals surface area (Å²) in [5.41, 5.74) is 2.62. The maximum Gasteiger partial charge on any atom is 0.245 e. The van der Waals surface area contributed by atoms with E-state index in [1.54, 1.807) is 11.1 Å². The number of rotatable bonds is 5. The molecular weight excluding hydrogens is 406 g/mol. The molecule has 4 heterocycles. The molecule has 1 aliphatic rings. The number of likely N-dealkylation sites (tertiary alicyclic amines) is 1. The van der Waals surface area contributed by atoms with Gasteiger partial charge in [0.05, 0.1) is 29.1 Å². The molecule has 3 aromatic heterocycles. The Labute approximate surface area is 184 Å². The minimum absolute atomic E-state index is 0.00181.